The summed E-state index contributed by atoms with van der Waals surface area (Å²) in [4.78, 5) is 10.00. The van der Waals surface area contributed by atoms with E-state index < -0.39 is 0 Å². The fourth-order valence-electron chi connectivity index (χ4n) is 7.97. The van der Waals surface area contributed by atoms with Gasteiger partial charge in [0, 0.05) is 38.0 Å². The lowest BCUT2D eigenvalue weighted by Crippen LogP contribution is -2.36. The third-order valence-electron chi connectivity index (χ3n) is 11.3. The van der Waals surface area contributed by atoms with E-state index in [0.717, 1.165) is 57.2 Å². The number of allylic oxidation sites excluding steroid dienone is 8. The lowest BCUT2D eigenvalue weighted by atomic mass is 9.98. The van der Waals surface area contributed by atoms with E-state index in [-0.39, 0.29) is 18.0 Å². The number of imidazole rings is 1. The first-order chi connectivity index (χ1) is 25.7. The van der Waals surface area contributed by atoms with Crippen LogP contribution in [0.2, 0.25) is 0 Å². The number of hydrogen-bond acceptors (Lipinski definition) is 4. The zero-order valence-corrected chi connectivity index (χ0v) is 34.2. The molecule has 2 fully saturated rings. The number of hydrogen-bond donors (Lipinski definition) is 1. The molecule has 0 aromatic carbocycles. The molecular weight excluding hydrogens is 639 g/mol. The topological polar surface area (TPSA) is 50.4 Å². The van der Waals surface area contributed by atoms with Crippen LogP contribution in [0.3, 0.4) is 0 Å². The summed E-state index contributed by atoms with van der Waals surface area (Å²) in [7, 11) is 2.26. The Morgan fingerprint density at radius 2 is 1.08 bits per heavy atom. The van der Waals surface area contributed by atoms with Crippen LogP contribution in [-0.4, -0.2) is 52.5 Å². The summed E-state index contributed by atoms with van der Waals surface area (Å²) in [6.07, 6.45) is 57.9. The molecule has 0 bridgehead atoms. The average Bonchev–Trinajstić information content (AvgIpc) is 3.89. The molecule has 3 rings (SSSR count). The molecule has 2 atom stereocenters. The standard InChI is InChI=1S/C47H81N3O2/c1-4-6-8-10-12-14-16-18-20-22-24-26-28-30-32-34-37-47(36-33-31-29-27-25-23-21-19-17-15-13-11-9-7-5-2)51-45-39-44(40-46(45)52-47)50(3)38-35-43-41-48-42-49-43/h12-15,18-21,41-42,44-46H,4-11,16-17,22-40H2,1-3H3,(H,48,49)/b14-12-,15-13-,20-18-,21-19+. The number of nitrogens with one attached hydrogen (secondary N) is 1. The van der Waals surface area contributed by atoms with E-state index in [0.29, 0.717) is 6.04 Å². The molecule has 1 aromatic rings. The molecule has 1 aromatic heterocycles. The Labute approximate surface area is 321 Å². The van der Waals surface area contributed by atoms with E-state index in [1.165, 1.54) is 135 Å². The van der Waals surface area contributed by atoms with Crippen molar-refractivity contribution < 1.29 is 9.47 Å². The number of H-pyrrole nitrogens is 1. The highest BCUT2D eigenvalue weighted by Crippen LogP contribution is 2.44. The molecule has 296 valence electrons. The van der Waals surface area contributed by atoms with Crippen molar-refractivity contribution in [3.8, 4) is 0 Å². The highest BCUT2D eigenvalue weighted by molar-refractivity contribution is 4.99. The van der Waals surface area contributed by atoms with E-state index in [1.807, 2.05) is 6.20 Å². The first-order valence-electron chi connectivity index (χ1n) is 22.3. The van der Waals surface area contributed by atoms with Gasteiger partial charge in [-0.2, -0.15) is 0 Å². The molecule has 0 amide bonds. The largest absolute Gasteiger partial charge is 0.351 e. The first kappa shape index (κ1) is 44.4. The SMILES string of the molecule is CCCCC/C=C\C/C=C\CCCCCCCCC1(CCCCCCC/C=C/C/C=C\CCCCC)OC2CC(N(C)CCc3c[nH]cn3)CC2O1. The zero-order valence-electron chi connectivity index (χ0n) is 34.2. The van der Waals surface area contributed by atoms with E-state index in [9.17, 15) is 0 Å². The Morgan fingerprint density at radius 1 is 0.635 bits per heavy atom. The van der Waals surface area contributed by atoms with E-state index >= 15 is 0 Å². The molecular formula is C47H81N3O2. The van der Waals surface area contributed by atoms with Crippen molar-refractivity contribution >= 4 is 0 Å². The molecule has 1 saturated heterocycles. The van der Waals surface area contributed by atoms with Gasteiger partial charge in [-0.05, 0) is 96.9 Å². The van der Waals surface area contributed by atoms with Gasteiger partial charge in [-0.15, -0.1) is 0 Å². The Hall–Kier alpha value is -1.95. The van der Waals surface area contributed by atoms with Gasteiger partial charge in [-0.25, -0.2) is 4.98 Å². The molecule has 2 heterocycles. The van der Waals surface area contributed by atoms with Crippen LogP contribution < -0.4 is 0 Å². The third kappa shape index (κ3) is 19.9. The molecule has 1 aliphatic carbocycles. The predicted molar refractivity (Wildman–Crippen MR) is 224 cm³/mol. The number of aromatic nitrogens is 2. The molecule has 2 unspecified atom stereocenters. The van der Waals surface area contributed by atoms with Crippen molar-refractivity contribution in [2.24, 2.45) is 0 Å². The van der Waals surface area contributed by atoms with Crippen LogP contribution in [0.4, 0.5) is 0 Å². The number of fused-ring (bicyclic) bond motifs is 1. The second-order valence-electron chi connectivity index (χ2n) is 16.0. The van der Waals surface area contributed by atoms with Gasteiger partial charge >= 0.3 is 0 Å². The Morgan fingerprint density at radius 3 is 1.52 bits per heavy atom. The van der Waals surface area contributed by atoms with Crippen LogP contribution in [0.15, 0.2) is 61.1 Å². The Bertz CT molecular complexity index is 1060. The fraction of sp³-hybridized carbons (Fsp3) is 0.766. The summed E-state index contributed by atoms with van der Waals surface area (Å²) in [5, 5.41) is 0. The molecule has 1 N–H and O–H groups in total. The number of rotatable bonds is 33. The Balaban J connectivity index is 1.30. The maximum Gasteiger partial charge on any atom is 0.169 e. The maximum atomic E-state index is 6.95. The second-order valence-corrected chi connectivity index (χ2v) is 16.0. The molecule has 1 saturated carbocycles. The van der Waals surface area contributed by atoms with Crippen LogP contribution in [0, 0.1) is 0 Å². The molecule has 0 radical (unpaired) electrons. The molecule has 5 heteroatoms. The molecule has 2 aliphatic rings. The normalized spacial score (nSPS) is 22.1. The molecule has 5 nitrogen and oxygen atoms in total. The zero-order chi connectivity index (χ0) is 36.8. The van der Waals surface area contributed by atoms with Gasteiger partial charge in [0.05, 0.1) is 24.2 Å². The van der Waals surface area contributed by atoms with Crippen molar-refractivity contribution in [3.63, 3.8) is 0 Å². The van der Waals surface area contributed by atoms with E-state index in [1.54, 1.807) is 6.33 Å². The van der Waals surface area contributed by atoms with E-state index in [2.05, 4.69) is 84.4 Å². The van der Waals surface area contributed by atoms with Crippen LogP contribution >= 0.6 is 0 Å². The minimum absolute atomic E-state index is 0.250. The van der Waals surface area contributed by atoms with Gasteiger partial charge in [0.25, 0.3) is 0 Å². The number of ether oxygens (including phenoxy) is 2. The lowest BCUT2D eigenvalue weighted by molar-refractivity contribution is -0.193. The van der Waals surface area contributed by atoms with Crippen LogP contribution in [0.25, 0.3) is 0 Å². The lowest BCUT2D eigenvalue weighted by Gasteiger charge is -2.32. The second kappa shape index (κ2) is 29.4. The highest BCUT2D eigenvalue weighted by atomic mass is 16.8. The molecule has 0 spiro atoms. The van der Waals surface area contributed by atoms with Crippen LogP contribution in [0.1, 0.15) is 193 Å². The van der Waals surface area contributed by atoms with Crippen molar-refractivity contribution in [3.05, 3.63) is 66.8 Å². The molecule has 52 heavy (non-hydrogen) atoms. The van der Waals surface area contributed by atoms with Gasteiger partial charge < -0.3 is 19.4 Å². The van der Waals surface area contributed by atoms with Crippen molar-refractivity contribution in [1.82, 2.24) is 14.9 Å². The summed E-state index contributed by atoms with van der Waals surface area (Å²) in [6, 6.07) is 0.532. The van der Waals surface area contributed by atoms with Gasteiger partial charge in [-0.1, -0.05) is 133 Å². The molecule has 1 aliphatic heterocycles. The van der Waals surface area contributed by atoms with Crippen LogP contribution in [-0.2, 0) is 15.9 Å². The quantitative estimate of drug-likeness (QED) is 0.0580. The summed E-state index contributed by atoms with van der Waals surface area (Å²) in [6.45, 7) is 5.57. The smallest absolute Gasteiger partial charge is 0.169 e. The van der Waals surface area contributed by atoms with E-state index in [4.69, 9.17) is 9.47 Å². The number of nitrogens with zero attached hydrogens (tertiary/aromatic N) is 2. The fourth-order valence-corrected chi connectivity index (χ4v) is 7.97. The van der Waals surface area contributed by atoms with Crippen molar-refractivity contribution in [1.29, 1.82) is 0 Å². The maximum absolute atomic E-state index is 6.95. The predicted octanol–water partition coefficient (Wildman–Crippen LogP) is 13.5. The van der Waals surface area contributed by atoms with Gasteiger partial charge in [0.15, 0.2) is 5.79 Å². The number of aromatic amines is 1. The van der Waals surface area contributed by atoms with Crippen molar-refractivity contribution in [2.75, 3.05) is 13.6 Å². The van der Waals surface area contributed by atoms with Gasteiger partial charge in [-0.3, -0.25) is 0 Å². The minimum atomic E-state index is -0.351. The Kier molecular flexibility index (Phi) is 25.1. The summed E-state index contributed by atoms with van der Waals surface area (Å²) >= 11 is 0. The summed E-state index contributed by atoms with van der Waals surface area (Å²) < 4.78 is 13.9. The number of likely N-dealkylation sites (N-methyl/N-ethyl adjacent to an activating group) is 1. The van der Waals surface area contributed by atoms with Gasteiger partial charge in [0.1, 0.15) is 0 Å². The minimum Gasteiger partial charge on any atom is -0.351 e. The highest BCUT2D eigenvalue weighted by Gasteiger charge is 2.51. The van der Waals surface area contributed by atoms with Crippen LogP contribution in [0.5, 0.6) is 0 Å². The van der Waals surface area contributed by atoms with Gasteiger partial charge in [0.2, 0.25) is 0 Å². The monoisotopic (exact) mass is 720 g/mol. The first-order valence-corrected chi connectivity index (χ1v) is 22.3. The summed E-state index contributed by atoms with van der Waals surface area (Å²) in [5.74, 6) is -0.351. The average molecular weight is 720 g/mol. The third-order valence-corrected chi connectivity index (χ3v) is 11.3. The van der Waals surface area contributed by atoms with Crippen molar-refractivity contribution in [2.45, 2.75) is 218 Å². The summed E-state index contributed by atoms with van der Waals surface area (Å²) in [5.41, 5.74) is 1.14. The number of unbranched alkanes of at least 4 members (excludes halogenated alkanes) is 17.